The van der Waals surface area contributed by atoms with E-state index in [4.69, 9.17) is 0 Å². The predicted octanol–water partition coefficient (Wildman–Crippen LogP) is 3.32. The van der Waals surface area contributed by atoms with Gasteiger partial charge in [-0.15, -0.1) is 11.8 Å². The van der Waals surface area contributed by atoms with Crippen LogP contribution in [0.1, 0.15) is 33.3 Å². The highest BCUT2D eigenvalue weighted by atomic mass is 32.2. The van der Waals surface area contributed by atoms with Crippen LogP contribution in [0, 0.1) is 11.6 Å². The van der Waals surface area contributed by atoms with Gasteiger partial charge in [0.15, 0.2) is 0 Å². The van der Waals surface area contributed by atoms with E-state index in [2.05, 4.69) is 5.32 Å². The van der Waals surface area contributed by atoms with Crippen molar-refractivity contribution < 1.29 is 13.9 Å². The zero-order valence-corrected chi connectivity index (χ0v) is 12.5. The third-order valence-electron chi connectivity index (χ3n) is 2.76. The van der Waals surface area contributed by atoms with Gasteiger partial charge in [-0.2, -0.15) is 0 Å². The molecule has 0 fully saturated rings. The third kappa shape index (κ3) is 5.09. The first-order valence-corrected chi connectivity index (χ1v) is 7.25. The molecule has 0 radical (unpaired) electrons. The fraction of sp³-hybridized carbons (Fsp3) is 0.571. The summed E-state index contributed by atoms with van der Waals surface area (Å²) in [6.45, 7) is 7.72. The molecule has 2 N–H and O–H groups in total. The molecule has 2 atom stereocenters. The summed E-state index contributed by atoms with van der Waals surface area (Å²) in [5, 5.41) is 12.2. The summed E-state index contributed by atoms with van der Waals surface area (Å²) in [4.78, 5) is -0.0262. The Morgan fingerprint density at radius 3 is 2.11 bits per heavy atom. The minimum absolute atomic E-state index is 0.0262. The standard InChI is InChI=1S/C14H21F2NOS/c1-8(2)17-7-11-5-12(15)14(13(16)6-11)19-10(4)9(3)18/h5-6,8-10,17-18H,7H2,1-4H3. The van der Waals surface area contributed by atoms with Gasteiger partial charge in [-0.1, -0.05) is 20.8 Å². The van der Waals surface area contributed by atoms with E-state index in [-0.39, 0.29) is 16.2 Å². The van der Waals surface area contributed by atoms with E-state index < -0.39 is 17.7 Å². The number of rotatable bonds is 6. The molecule has 2 unspecified atom stereocenters. The summed E-state index contributed by atoms with van der Waals surface area (Å²) >= 11 is 1.02. The number of halogens is 2. The van der Waals surface area contributed by atoms with Gasteiger partial charge in [0.05, 0.1) is 11.0 Å². The van der Waals surface area contributed by atoms with Gasteiger partial charge >= 0.3 is 0 Å². The summed E-state index contributed by atoms with van der Waals surface area (Å²) in [7, 11) is 0. The van der Waals surface area contributed by atoms with Crippen LogP contribution in [0.15, 0.2) is 17.0 Å². The van der Waals surface area contributed by atoms with Gasteiger partial charge in [-0.25, -0.2) is 8.78 Å². The molecule has 0 amide bonds. The van der Waals surface area contributed by atoms with E-state index in [1.54, 1.807) is 13.8 Å². The minimum atomic E-state index is -0.619. The molecule has 2 nitrogen and oxygen atoms in total. The molecule has 0 aliphatic carbocycles. The lowest BCUT2D eigenvalue weighted by atomic mass is 10.2. The fourth-order valence-corrected chi connectivity index (χ4v) is 2.35. The van der Waals surface area contributed by atoms with Gasteiger partial charge in [0.25, 0.3) is 0 Å². The van der Waals surface area contributed by atoms with Crippen molar-refractivity contribution in [1.82, 2.24) is 5.32 Å². The second-order valence-electron chi connectivity index (χ2n) is 4.99. The van der Waals surface area contributed by atoms with Crippen molar-refractivity contribution in [2.45, 2.75) is 56.5 Å². The van der Waals surface area contributed by atoms with Crippen LogP contribution in [-0.2, 0) is 6.54 Å². The third-order valence-corrected chi connectivity index (χ3v) is 4.15. The van der Waals surface area contributed by atoms with Gasteiger partial charge in [0.2, 0.25) is 0 Å². The Bertz CT molecular complexity index is 401. The number of aliphatic hydroxyl groups is 1. The molecule has 19 heavy (non-hydrogen) atoms. The van der Waals surface area contributed by atoms with Crippen molar-refractivity contribution in [3.05, 3.63) is 29.3 Å². The number of nitrogens with one attached hydrogen (secondary N) is 1. The van der Waals surface area contributed by atoms with Crippen molar-refractivity contribution in [3.63, 3.8) is 0 Å². The largest absolute Gasteiger partial charge is 0.392 e. The van der Waals surface area contributed by atoms with Crippen molar-refractivity contribution >= 4 is 11.8 Å². The normalized spacial score (nSPS) is 14.7. The van der Waals surface area contributed by atoms with Crippen molar-refractivity contribution in [1.29, 1.82) is 0 Å². The lowest BCUT2D eigenvalue weighted by Crippen LogP contribution is -2.22. The Morgan fingerprint density at radius 2 is 1.68 bits per heavy atom. The van der Waals surface area contributed by atoms with E-state index in [9.17, 15) is 13.9 Å². The smallest absolute Gasteiger partial charge is 0.140 e. The van der Waals surface area contributed by atoms with Crippen molar-refractivity contribution in [2.24, 2.45) is 0 Å². The molecule has 0 heterocycles. The van der Waals surface area contributed by atoms with Gasteiger partial charge in [0.1, 0.15) is 11.6 Å². The number of hydrogen-bond acceptors (Lipinski definition) is 3. The number of hydrogen-bond donors (Lipinski definition) is 2. The Hall–Kier alpha value is -0.650. The second kappa shape index (κ2) is 7.22. The molecular formula is C14H21F2NOS. The first-order chi connectivity index (χ1) is 8.81. The summed E-state index contributed by atoms with van der Waals surface area (Å²) in [5.74, 6) is -1.14. The molecule has 108 valence electrons. The number of benzene rings is 1. The Kier molecular flexibility index (Phi) is 6.23. The molecule has 0 saturated carbocycles. The molecule has 5 heteroatoms. The summed E-state index contributed by atoms with van der Waals surface area (Å²) < 4.78 is 27.8. The summed E-state index contributed by atoms with van der Waals surface area (Å²) in [5.41, 5.74) is 0.581. The van der Waals surface area contributed by atoms with Crippen molar-refractivity contribution in [3.8, 4) is 0 Å². The molecule has 0 aromatic heterocycles. The zero-order chi connectivity index (χ0) is 14.6. The molecule has 1 rings (SSSR count). The molecule has 0 aliphatic heterocycles. The van der Waals surface area contributed by atoms with E-state index in [0.29, 0.717) is 12.1 Å². The highest BCUT2D eigenvalue weighted by molar-refractivity contribution is 8.00. The Balaban J connectivity index is 2.85. The average Bonchev–Trinajstić information content (AvgIpc) is 2.30. The summed E-state index contributed by atoms with van der Waals surface area (Å²) in [6, 6.07) is 2.95. The molecule has 1 aromatic carbocycles. The minimum Gasteiger partial charge on any atom is -0.392 e. The van der Waals surface area contributed by atoms with E-state index in [1.807, 2.05) is 13.8 Å². The van der Waals surface area contributed by atoms with Crippen LogP contribution in [0.5, 0.6) is 0 Å². The Morgan fingerprint density at radius 1 is 1.16 bits per heavy atom. The van der Waals surface area contributed by atoms with Crippen LogP contribution >= 0.6 is 11.8 Å². The van der Waals surface area contributed by atoms with Crippen molar-refractivity contribution in [2.75, 3.05) is 0 Å². The Labute approximate surface area is 117 Å². The quantitative estimate of drug-likeness (QED) is 0.788. The van der Waals surface area contributed by atoms with Crippen LogP contribution in [0.3, 0.4) is 0 Å². The first-order valence-electron chi connectivity index (χ1n) is 6.37. The fourth-order valence-electron chi connectivity index (χ4n) is 1.43. The topological polar surface area (TPSA) is 32.3 Å². The molecule has 0 saturated heterocycles. The van der Waals surface area contributed by atoms with Gasteiger partial charge in [-0.05, 0) is 24.6 Å². The second-order valence-corrected chi connectivity index (χ2v) is 6.38. The summed E-state index contributed by atoms with van der Waals surface area (Å²) in [6.07, 6.45) is -0.619. The van der Waals surface area contributed by atoms with Gasteiger partial charge in [0, 0.05) is 17.8 Å². The van der Waals surface area contributed by atoms with Crippen LogP contribution in [0.25, 0.3) is 0 Å². The number of thioether (sulfide) groups is 1. The predicted molar refractivity (Wildman–Crippen MR) is 75.3 cm³/mol. The molecule has 0 bridgehead atoms. The zero-order valence-electron chi connectivity index (χ0n) is 11.7. The van der Waals surface area contributed by atoms with Crippen LogP contribution in [-0.4, -0.2) is 22.5 Å². The molecule has 0 aliphatic rings. The monoisotopic (exact) mass is 289 g/mol. The highest BCUT2D eigenvalue weighted by Gasteiger charge is 2.18. The SMILES string of the molecule is CC(C)NCc1cc(F)c(SC(C)C(C)O)c(F)c1. The van der Waals surface area contributed by atoms with E-state index >= 15 is 0 Å². The number of aliphatic hydroxyl groups excluding tert-OH is 1. The van der Waals surface area contributed by atoms with Crippen LogP contribution < -0.4 is 5.32 Å². The lowest BCUT2D eigenvalue weighted by Gasteiger charge is -2.16. The lowest BCUT2D eigenvalue weighted by molar-refractivity contribution is 0.196. The molecular weight excluding hydrogens is 268 g/mol. The maximum atomic E-state index is 13.9. The van der Waals surface area contributed by atoms with Crippen LogP contribution in [0.4, 0.5) is 8.78 Å². The maximum Gasteiger partial charge on any atom is 0.140 e. The highest BCUT2D eigenvalue weighted by Crippen LogP contribution is 2.31. The van der Waals surface area contributed by atoms with Gasteiger partial charge < -0.3 is 10.4 Å². The first kappa shape index (κ1) is 16.4. The van der Waals surface area contributed by atoms with Crippen LogP contribution in [0.2, 0.25) is 0 Å². The molecule has 0 spiro atoms. The van der Waals surface area contributed by atoms with E-state index in [0.717, 1.165) is 11.8 Å². The molecule has 1 aromatic rings. The average molecular weight is 289 g/mol. The van der Waals surface area contributed by atoms with Gasteiger partial charge in [-0.3, -0.25) is 0 Å². The van der Waals surface area contributed by atoms with E-state index in [1.165, 1.54) is 12.1 Å². The maximum absolute atomic E-state index is 13.9.